The number of carbonyl (C=O) groups excluding carboxylic acids is 1. The number of hydrogen-bond acceptors (Lipinski definition) is 3. The lowest BCUT2D eigenvalue weighted by Gasteiger charge is -2.29. The summed E-state index contributed by atoms with van der Waals surface area (Å²) < 4.78 is 19.5. The van der Waals surface area contributed by atoms with Crippen LogP contribution in [0.1, 0.15) is 47.2 Å². The number of rotatable bonds is 8. The van der Waals surface area contributed by atoms with Crippen LogP contribution in [-0.2, 0) is 13.0 Å². The van der Waals surface area contributed by atoms with E-state index >= 15 is 0 Å². The van der Waals surface area contributed by atoms with Crippen molar-refractivity contribution in [2.45, 2.75) is 44.7 Å². The Labute approximate surface area is 182 Å². The largest absolute Gasteiger partial charge is 0.493 e. The number of halogens is 1. The van der Waals surface area contributed by atoms with Gasteiger partial charge in [-0.2, -0.15) is 0 Å². The van der Waals surface area contributed by atoms with Crippen molar-refractivity contribution in [1.29, 1.82) is 0 Å². The summed E-state index contributed by atoms with van der Waals surface area (Å²) >= 11 is 0. The van der Waals surface area contributed by atoms with Gasteiger partial charge in [0.2, 0.25) is 0 Å². The van der Waals surface area contributed by atoms with Crippen LogP contribution in [0.4, 0.5) is 4.39 Å². The average molecular weight is 419 g/mol. The van der Waals surface area contributed by atoms with E-state index in [1.165, 1.54) is 6.07 Å². The number of aromatic nitrogens is 1. The van der Waals surface area contributed by atoms with Crippen molar-refractivity contribution in [3.8, 4) is 5.75 Å². The fourth-order valence-electron chi connectivity index (χ4n) is 4.11. The van der Waals surface area contributed by atoms with Gasteiger partial charge in [0.05, 0.1) is 12.2 Å². The predicted molar refractivity (Wildman–Crippen MR) is 118 cm³/mol. The second kappa shape index (κ2) is 10.2. The Morgan fingerprint density at radius 3 is 2.52 bits per heavy atom. The number of carbonyl (C=O) groups is 1. The van der Waals surface area contributed by atoms with Crippen molar-refractivity contribution < 1.29 is 13.9 Å². The summed E-state index contributed by atoms with van der Waals surface area (Å²) in [5, 5.41) is 0. The molecule has 1 amide bonds. The van der Waals surface area contributed by atoms with Gasteiger partial charge in [0.25, 0.3) is 5.91 Å². The number of hydrogen-bond donors (Lipinski definition) is 0. The number of nitrogens with zero attached hydrogens (tertiary/aromatic N) is 2. The van der Waals surface area contributed by atoms with Crippen LogP contribution in [0.25, 0.3) is 0 Å². The smallest absolute Gasteiger partial charge is 0.255 e. The van der Waals surface area contributed by atoms with Crippen LogP contribution in [0.5, 0.6) is 5.75 Å². The minimum Gasteiger partial charge on any atom is -0.493 e. The normalized spacial score (nSPS) is 13.8. The molecule has 0 N–H and O–H groups in total. The topological polar surface area (TPSA) is 42.4 Å². The first-order valence-electron chi connectivity index (χ1n) is 10.9. The van der Waals surface area contributed by atoms with Gasteiger partial charge >= 0.3 is 0 Å². The monoisotopic (exact) mass is 418 g/mol. The highest BCUT2D eigenvalue weighted by Gasteiger charge is 2.27. The lowest BCUT2D eigenvalue weighted by atomic mass is 10.1. The molecule has 31 heavy (non-hydrogen) atoms. The highest BCUT2D eigenvalue weighted by molar-refractivity contribution is 5.94. The summed E-state index contributed by atoms with van der Waals surface area (Å²) in [6, 6.07) is 18.5. The molecule has 0 bridgehead atoms. The Balaban J connectivity index is 1.38. The van der Waals surface area contributed by atoms with Gasteiger partial charge in [-0.1, -0.05) is 43.2 Å². The van der Waals surface area contributed by atoms with Crippen molar-refractivity contribution in [3.63, 3.8) is 0 Å². The molecule has 1 aliphatic rings. The van der Waals surface area contributed by atoms with Gasteiger partial charge in [0, 0.05) is 31.4 Å². The first-order chi connectivity index (χ1) is 15.2. The second-order valence-electron chi connectivity index (χ2n) is 7.95. The molecule has 0 aliphatic heterocycles. The highest BCUT2D eigenvalue weighted by atomic mass is 19.1. The minimum absolute atomic E-state index is 0.0326. The van der Waals surface area contributed by atoms with Crippen molar-refractivity contribution in [2.75, 3.05) is 6.61 Å². The second-order valence-corrected chi connectivity index (χ2v) is 7.95. The Kier molecular flexibility index (Phi) is 6.92. The number of ether oxygens (including phenoxy) is 1. The highest BCUT2D eigenvalue weighted by Crippen LogP contribution is 2.27. The fourth-order valence-corrected chi connectivity index (χ4v) is 4.11. The lowest BCUT2D eigenvalue weighted by Crippen LogP contribution is -2.38. The van der Waals surface area contributed by atoms with Gasteiger partial charge in [0.1, 0.15) is 11.6 Å². The van der Waals surface area contributed by atoms with E-state index in [9.17, 15) is 9.18 Å². The van der Waals surface area contributed by atoms with Crippen molar-refractivity contribution >= 4 is 5.91 Å². The molecule has 0 radical (unpaired) electrons. The Hall–Kier alpha value is -3.21. The van der Waals surface area contributed by atoms with Gasteiger partial charge in [-0.25, -0.2) is 4.39 Å². The minimum atomic E-state index is -0.202. The molecule has 1 heterocycles. The van der Waals surface area contributed by atoms with E-state index in [1.54, 1.807) is 30.6 Å². The molecule has 1 fully saturated rings. The zero-order chi connectivity index (χ0) is 21.5. The molecule has 1 aromatic heterocycles. The molecule has 4 nitrogen and oxygen atoms in total. The Morgan fingerprint density at radius 1 is 1.03 bits per heavy atom. The average Bonchev–Trinajstić information content (AvgIpc) is 3.34. The summed E-state index contributed by atoms with van der Waals surface area (Å²) in [6.45, 7) is 0.974. The van der Waals surface area contributed by atoms with E-state index in [4.69, 9.17) is 4.74 Å². The van der Waals surface area contributed by atoms with Crippen LogP contribution < -0.4 is 4.74 Å². The Morgan fingerprint density at radius 2 is 1.81 bits per heavy atom. The van der Waals surface area contributed by atoms with Crippen molar-refractivity contribution in [3.05, 3.63) is 95.6 Å². The number of amides is 1. The molecule has 1 saturated carbocycles. The maximum absolute atomic E-state index is 13.7. The molecular formula is C26H27FN2O2. The number of benzene rings is 2. The van der Waals surface area contributed by atoms with Crippen LogP contribution in [0.3, 0.4) is 0 Å². The van der Waals surface area contributed by atoms with Crippen LogP contribution in [0.15, 0.2) is 73.1 Å². The third-order valence-electron chi connectivity index (χ3n) is 5.81. The standard InChI is InChI=1S/C26H27FN2O2/c27-25-10-4-1-6-21(25)15-17-31-24-13-11-20(12-14-24)19-29(23-8-2-3-9-23)26(30)22-7-5-16-28-18-22/h1,4-7,10-14,16,18,23H,2-3,8-9,15,17,19H2. The first-order valence-corrected chi connectivity index (χ1v) is 10.9. The summed E-state index contributed by atoms with van der Waals surface area (Å²) in [6.07, 6.45) is 8.25. The third-order valence-corrected chi connectivity index (χ3v) is 5.81. The molecule has 0 saturated heterocycles. The molecule has 3 aromatic rings. The zero-order valence-corrected chi connectivity index (χ0v) is 17.5. The SMILES string of the molecule is O=C(c1cccnc1)N(Cc1ccc(OCCc2ccccc2F)cc1)C1CCCC1. The summed E-state index contributed by atoms with van der Waals surface area (Å²) in [7, 11) is 0. The third kappa shape index (κ3) is 5.48. The van der Waals surface area contributed by atoms with Crippen LogP contribution in [0.2, 0.25) is 0 Å². The van der Waals surface area contributed by atoms with Crippen LogP contribution >= 0.6 is 0 Å². The summed E-state index contributed by atoms with van der Waals surface area (Å²) in [5.74, 6) is 0.572. The van der Waals surface area contributed by atoms with Crippen LogP contribution in [0, 0.1) is 5.82 Å². The molecule has 0 unspecified atom stereocenters. The predicted octanol–water partition coefficient (Wildman–Crippen LogP) is 5.43. The first kappa shape index (κ1) is 21.0. The Bertz CT molecular complexity index is 986. The zero-order valence-electron chi connectivity index (χ0n) is 17.5. The number of pyridine rings is 1. The van der Waals surface area contributed by atoms with E-state index in [2.05, 4.69) is 4.98 Å². The van der Waals surface area contributed by atoms with E-state index in [0.717, 1.165) is 37.0 Å². The van der Waals surface area contributed by atoms with Gasteiger partial charge in [-0.15, -0.1) is 0 Å². The maximum atomic E-state index is 13.7. The fraction of sp³-hybridized carbons (Fsp3) is 0.308. The molecule has 0 spiro atoms. The van der Waals surface area contributed by atoms with E-state index in [0.29, 0.717) is 30.7 Å². The van der Waals surface area contributed by atoms with Crippen molar-refractivity contribution in [2.24, 2.45) is 0 Å². The van der Waals surface area contributed by atoms with Gasteiger partial charge < -0.3 is 9.64 Å². The van der Waals surface area contributed by atoms with E-state index < -0.39 is 0 Å². The van der Waals surface area contributed by atoms with Gasteiger partial charge in [-0.05, 0) is 54.3 Å². The molecule has 0 atom stereocenters. The lowest BCUT2D eigenvalue weighted by molar-refractivity contribution is 0.0664. The van der Waals surface area contributed by atoms with E-state index in [1.807, 2.05) is 41.3 Å². The van der Waals surface area contributed by atoms with E-state index in [-0.39, 0.29) is 17.8 Å². The molecule has 160 valence electrons. The summed E-state index contributed by atoms with van der Waals surface area (Å²) in [5.41, 5.74) is 2.34. The molecule has 1 aliphatic carbocycles. The molecular weight excluding hydrogens is 391 g/mol. The molecule has 2 aromatic carbocycles. The molecule has 5 heteroatoms. The maximum Gasteiger partial charge on any atom is 0.255 e. The van der Waals surface area contributed by atoms with Gasteiger partial charge in [0.15, 0.2) is 0 Å². The molecule has 4 rings (SSSR count). The quantitative estimate of drug-likeness (QED) is 0.490. The summed E-state index contributed by atoms with van der Waals surface area (Å²) in [4.78, 5) is 19.2. The van der Waals surface area contributed by atoms with Crippen LogP contribution in [-0.4, -0.2) is 28.4 Å². The van der Waals surface area contributed by atoms with Crippen molar-refractivity contribution in [1.82, 2.24) is 9.88 Å². The van der Waals surface area contributed by atoms with Gasteiger partial charge in [-0.3, -0.25) is 9.78 Å².